The molecule has 0 aliphatic carbocycles. The van der Waals surface area contributed by atoms with Crippen LogP contribution in [0, 0.1) is 0 Å². The Bertz CT molecular complexity index is 411. The van der Waals surface area contributed by atoms with Gasteiger partial charge in [0.1, 0.15) is 0 Å². The Labute approximate surface area is 131 Å². The van der Waals surface area contributed by atoms with Crippen LogP contribution in [0.15, 0.2) is 24.3 Å². The van der Waals surface area contributed by atoms with Crippen LogP contribution in [0.25, 0.3) is 0 Å². The second-order valence-corrected chi connectivity index (χ2v) is 4.28. The van der Waals surface area contributed by atoms with Crippen molar-refractivity contribution < 1.29 is 47.4 Å². The molecule has 1 aliphatic rings. The number of benzene rings is 1. The number of amides is 1. The summed E-state index contributed by atoms with van der Waals surface area (Å²) in [6.45, 7) is 1.46. The average Bonchev–Trinajstić information content (AvgIpc) is 2.39. The molecule has 1 aromatic carbocycles. The molecule has 93 valence electrons. The summed E-state index contributed by atoms with van der Waals surface area (Å²) in [5.41, 5.74) is 1.47. The summed E-state index contributed by atoms with van der Waals surface area (Å²) in [4.78, 5) is 22.8. The van der Waals surface area contributed by atoms with Crippen molar-refractivity contribution in [3.05, 3.63) is 35.4 Å². The smallest absolute Gasteiger partial charge is 0.335 e. The van der Waals surface area contributed by atoms with Crippen molar-refractivity contribution in [3.8, 4) is 0 Å². The Balaban J connectivity index is 0.00000162. The van der Waals surface area contributed by atoms with Gasteiger partial charge in [0.05, 0.1) is 5.56 Å². The maximum absolute atomic E-state index is 10.7. The second kappa shape index (κ2) is 7.00. The van der Waals surface area contributed by atoms with Gasteiger partial charge in [-0.25, -0.2) is 4.79 Å². The molecule has 1 fully saturated rings. The fourth-order valence-corrected chi connectivity index (χ4v) is 2.20. The minimum absolute atomic E-state index is 0. The standard InChI is InChI=1S/C13H14NO3.Y/c15-9-14-7-5-11(6-8-14)10-1-3-12(4-2-10)13(16)17;/h1-4,11H,5-8H2,(H,16,17);/q-1;. The third-order valence-electron chi connectivity index (χ3n) is 3.25. The third kappa shape index (κ3) is 3.63. The number of piperidine rings is 1. The summed E-state index contributed by atoms with van der Waals surface area (Å²) in [6, 6.07) is 7.01. The number of aromatic carboxylic acids is 1. The number of rotatable bonds is 3. The van der Waals surface area contributed by atoms with Crippen LogP contribution in [0.5, 0.6) is 0 Å². The molecule has 18 heavy (non-hydrogen) atoms. The van der Waals surface area contributed by atoms with Gasteiger partial charge in [0.2, 0.25) is 0 Å². The Morgan fingerprint density at radius 1 is 1.22 bits per heavy atom. The minimum Gasteiger partial charge on any atom is -0.520 e. The maximum Gasteiger partial charge on any atom is 0.335 e. The molecule has 1 N–H and O–H groups in total. The van der Waals surface area contributed by atoms with Gasteiger partial charge in [-0.3, -0.25) is 0 Å². The van der Waals surface area contributed by atoms with Gasteiger partial charge in [0, 0.05) is 32.7 Å². The first-order chi connectivity index (χ1) is 8.20. The fraction of sp³-hybridized carbons (Fsp3) is 0.385. The molecule has 0 aromatic heterocycles. The zero-order valence-electron chi connectivity index (χ0n) is 10.0. The van der Waals surface area contributed by atoms with Crippen molar-refractivity contribution in [1.29, 1.82) is 0 Å². The van der Waals surface area contributed by atoms with Crippen LogP contribution < -0.4 is 0 Å². The van der Waals surface area contributed by atoms with Gasteiger partial charge in [-0.1, -0.05) is 12.1 Å². The van der Waals surface area contributed by atoms with Crippen LogP contribution in [0.4, 0.5) is 0 Å². The summed E-state index contributed by atoms with van der Waals surface area (Å²) in [7, 11) is 0. The Kier molecular flexibility index (Phi) is 5.96. The van der Waals surface area contributed by atoms with Crippen LogP contribution in [-0.2, 0) is 37.5 Å². The van der Waals surface area contributed by atoms with Crippen molar-refractivity contribution in [3.63, 3.8) is 0 Å². The molecule has 1 aromatic rings. The van der Waals surface area contributed by atoms with E-state index in [0.29, 0.717) is 11.5 Å². The first-order valence-electron chi connectivity index (χ1n) is 5.66. The first kappa shape index (κ1) is 15.3. The van der Waals surface area contributed by atoms with Crippen LogP contribution in [-0.4, -0.2) is 35.5 Å². The van der Waals surface area contributed by atoms with E-state index in [-0.39, 0.29) is 32.7 Å². The van der Waals surface area contributed by atoms with Crippen LogP contribution in [0.1, 0.15) is 34.7 Å². The van der Waals surface area contributed by atoms with Gasteiger partial charge in [0.15, 0.2) is 0 Å². The SMILES string of the molecule is O=[C-]N1CCC(c2ccc(C(=O)O)cc2)CC1.[Y]. The molecule has 0 atom stereocenters. The van der Waals surface area contributed by atoms with Gasteiger partial charge in [-0.2, -0.15) is 6.41 Å². The van der Waals surface area contributed by atoms with E-state index in [1.54, 1.807) is 17.0 Å². The Morgan fingerprint density at radius 2 is 1.78 bits per heavy atom. The van der Waals surface area contributed by atoms with Crippen molar-refractivity contribution in [1.82, 2.24) is 4.90 Å². The van der Waals surface area contributed by atoms with Gasteiger partial charge in [0.25, 0.3) is 0 Å². The van der Waals surface area contributed by atoms with Crippen LogP contribution >= 0.6 is 0 Å². The zero-order valence-corrected chi connectivity index (χ0v) is 12.8. The summed E-state index contributed by atoms with van der Waals surface area (Å²) in [5.74, 6) is -0.482. The van der Waals surface area contributed by atoms with Gasteiger partial charge >= 0.3 is 5.97 Å². The molecule has 0 unspecified atom stereocenters. The number of carboxylic acid groups (broad SMARTS) is 1. The number of likely N-dealkylation sites (tertiary alicyclic amines) is 1. The third-order valence-corrected chi connectivity index (χ3v) is 3.25. The van der Waals surface area contributed by atoms with Crippen molar-refractivity contribution >= 4 is 12.4 Å². The molecule has 1 heterocycles. The Hall–Kier alpha value is -0.736. The molecule has 4 nitrogen and oxygen atoms in total. The van der Waals surface area contributed by atoms with Crippen LogP contribution in [0.3, 0.4) is 0 Å². The maximum atomic E-state index is 10.7. The van der Waals surface area contributed by atoms with E-state index >= 15 is 0 Å². The molecule has 1 aliphatic heterocycles. The van der Waals surface area contributed by atoms with E-state index in [0.717, 1.165) is 31.5 Å². The number of carbonyl (C=O) groups is 1. The molecule has 1 amide bonds. The van der Waals surface area contributed by atoms with Gasteiger partial charge < -0.3 is 14.8 Å². The summed E-state index contributed by atoms with van der Waals surface area (Å²) in [5, 5.41) is 8.80. The first-order valence-corrected chi connectivity index (χ1v) is 5.66. The summed E-state index contributed by atoms with van der Waals surface area (Å²) < 4.78 is 0. The molecular formula is C13H14NO3Y-. The fourth-order valence-electron chi connectivity index (χ4n) is 2.20. The number of carbonyl (C=O) groups excluding carboxylic acids is 1. The van der Waals surface area contributed by atoms with E-state index in [1.807, 2.05) is 18.5 Å². The zero-order chi connectivity index (χ0) is 12.3. The predicted octanol–water partition coefficient (Wildman–Crippen LogP) is 1.63. The van der Waals surface area contributed by atoms with Crippen molar-refractivity contribution in [2.24, 2.45) is 0 Å². The van der Waals surface area contributed by atoms with Crippen LogP contribution in [0.2, 0.25) is 0 Å². The topological polar surface area (TPSA) is 57.6 Å². The normalized spacial score (nSPS) is 15.9. The van der Waals surface area contributed by atoms with E-state index in [4.69, 9.17) is 5.11 Å². The second-order valence-electron chi connectivity index (χ2n) is 4.28. The monoisotopic (exact) mass is 321 g/mol. The number of hydrogen-bond donors (Lipinski definition) is 1. The molecule has 0 spiro atoms. The van der Waals surface area contributed by atoms with E-state index in [9.17, 15) is 9.59 Å². The quantitative estimate of drug-likeness (QED) is 0.861. The van der Waals surface area contributed by atoms with Crippen molar-refractivity contribution in [2.45, 2.75) is 18.8 Å². The summed E-state index contributed by atoms with van der Waals surface area (Å²) >= 11 is 0. The minimum atomic E-state index is -0.901. The van der Waals surface area contributed by atoms with Crippen molar-refractivity contribution in [2.75, 3.05) is 13.1 Å². The molecule has 2 rings (SSSR count). The molecule has 0 saturated carbocycles. The molecule has 1 radical (unpaired) electrons. The number of carboxylic acids is 1. The predicted molar refractivity (Wildman–Crippen MR) is 62.6 cm³/mol. The molecule has 5 heteroatoms. The van der Waals surface area contributed by atoms with E-state index in [2.05, 4.69) is 0 Å². The average molecular weight is 321 g/mol. The van der Waals surface area contributed by atoms with Gasteiger partial charge in [-0.05, 0) is 49.5 Å². The summed E-state index contributed by atoms with van der Waals surface area (Å²) in [6.07, 6.45) is 3.74. The largest absolute Gasteiger partial charge is 0.520 e. The number of hydrogen-bond acceptors (Lipinski definition) is 2. The van der Waals surface area contributed by atoms with Gasteiger partial charge in [-0.15, -0.1) is 0 Å². The van der Waals surface area contributed by atoms with E-state index < -0.39 is 5.97 Å². The Morgan fingerprint density at radius 3 is 2.22 bits per heavy atom. The molecule has 0 bridgehead atoms. The number of nitrogens with zero attached hydrogens (tertiary/aromatic N) is 1. The van der Waals surface area contributed by atoms with E-state index in [1.165, 1.54) is 0 Å². The molecular weight excluding hydrogens is 307 g/mol. The molecule has 1 saturated heterocycles.